The number of fused-ring (bicyclic) bond motifs is 4. The third-order valence-corrected chi connectivity index (χ3v) is 8.43. The second-order valence-corrected chi connectivity index (χ2v) is 12.2. The smallest absolute Gasteiger partial charge is 0.350 e. The molecular formula is C33H30O11. The third-order valence-electron chi connectivity index (χ3n) is 8.43. The highest BCUT2D eigenvalue weighted by Crippen LogP contribution is 2.53. The van der Waals surface area contributed by atoms with E-state index >= 15 is 0 Å². The van der Waals surface area contributed by atoms with Gasteiger partial charge in [-0.3, -0.25) is 0 Å². The Morgan fingerprint density at radius 1 is 0.795 bits per heavy atom. The maximum Gasteiger partial charge on any atom is 0.350 e. The Labute approximate surface area is 250 Å². The summed E-state index contributed by atoms with van der Waals surface area (Å²) in [5.74, 6) is 0.271. The molecule has 0 amide bonds. The van der Waals surface area contributed by atoms with E-state index in [9.17, 15) is 4.79 Å². The summed E-state index contributed by atoms with van der Waals surface area (Å²) in [6.45, 7) is 8.22. The van der Waals surface area contributed by atoms with E-state index < -0.39 is 23.3 Å². The van der Waals surface area contributed by atoms with E-state index in [0.717, 1.165) is 10.8 Å². The lowest BCUT2D eigenvalue weighted by Crippen LogP contribution is -2.39. The van der Waals surface area contributed by atoms with Gasteiger partial charge in [-0.1, -0.05) is 0 Å². The summed E-state index contributed by atoms with van der Waals surface area (Å²) in [5, 5.41) is 2.12. The SMILES string of the molecule is COc1c2c(c(OC[C@@H]3OC3(C)C)c3occc13)O[C@@]1(C=C2)O[C@H](COc2c3ccoc3cc3oc(=O)ccc23)C(C)(C)O1. The number of ether oxygens (including phenoxy) is 7. The molecule has 2 fully saturated rings. The van der Waals surface area contributed by atoms with Crippen molar-refractivity contribution < 1.29 is 46.4 Å². The average Bonchev–Trinajstić information content (AvgIpc) is 3.39. The molecule has 0 bridgehead atoms. The molecule has 11 heteroatoms. The highest BCUT2D eigenvalue weighted by atomic mass is 16.9. The number of hydrogen-bond acceptors (Lipinski definition) is 11. The van der Waals surface area contributed by atoms with E-state index in [-0.39, 0.29) is 18.3 Å². The quantitative estimate of drug-likeness (QED) is 0.157. The van der Waals surface area contributed by atoms with Gasteiger partial charge < -0.3 is 46.4 Å². The van der Waals surface area contributed by atoms with Crippen LogP contribution in [0.5, 0.6) is 23.0 Å². The van der Waals surface area contributed by atoms with Crippen molar-refractivity contribution in [1.29, 1.82) is 0 Å². The molecule has 8 rings (SSSR count). The summed E-state index contributed by atoms with van der Waals surface area (Å²) < 4.78 is 60.5. The first-order valence-corrected chi connectivity index (χ1v) is 14.3. The molecular weight excluding hydrogens is 572 g/mol. The monoisotopic (exact) mass is 602 g/mol. The first kappa shape index (κ1) is 27.1. The molecule has 3 aliphatic rings. The maximum absolute atomic E-state index is 11.9. The van der Waals surface area contributed by atoms with Crippen molar-refractivity contribution in [3.8, 4) is 23.0 Å². The second kappa shape index (κ2) is 9.28. The van der Waals surface area contributed by atoms with Crippen molar-refractivity contribution in [1.82, 2.24) is 0 Å². The minimum absolute atomic E-state index is 0.0680. The minimum Gasteiger partial charge on any atom is -0.495 e. The van der Waals surface area contributed by atoms with Crippen molar-refractivity contribution in [2.45, 2.75) is 57.1 Å². The van der Waals surface area contributed by atoms with Gasteiger partial charge in [0.15, 0.2) is 11.3 Å². The van der Waals surface area contributed by atoms with Gasteiger partial charge in [0.05, 0.1) is 52.6 Å². The molecule has 0 radical (unpaired) electrons. The Morgan fingerprint density at radius 2 is 1.50 bits per heavy atom. The molecule has 3 aliphatic heterocycles. The van der Waals surface area contributed by atoms with Gasteiger partial charge >= 0.3 is 11.6 Å². The number of furan rings is 2. The van der Waals surface area contributed by atoms with Crippen LogP contribution in [0.1, 0.15) is 33.3 Å². The molecule has 5 aromatic rings. The van der Waals surface area contributed by atoms with Crippen LogP contribution in [0.2, 0.25) is 0 Å². The van der Waals surface area contributed by atoms with E-state index in [1.807, 2.05) is 39.8 Å². The molecule has 0 unspecified atom stereocenters. The van der Waals surface area contributed by atoms with Crippen LogP contribution in [0.25, 0.3) is 39.0 Å². The first-order valence-electron chi connectivity index (χ1n) is 14.3. The van der Waals surface area contributed by atoms with Crippen molar-refractivity contribution in [2.75, 3.05) is 20.3 Å². The summed E-state index contributed by atoms with van der Waals surface area (Å²) >= 11 is 0. The molecule has 2 aromatic carbocycles. The van der Waals surface area contributed by atoms with Gasteiger partial charge in [0.2, 0.25) is 5.75 Å². The van der Waals surface area contributed by atoms with Gasteiger partial charge in [0, 0.05) is 18.2 Å². The van der Waals surface area contributed by atoms with Gasteiger partial charge in [0.25, 0.3) is 0 Å². The minimum atomic E-state index is -1.58. The Bertz CT molecular complexity index is 2030. The number of benzene rings is 2. The van der Waals surface area contributed by atoms with Crippen molar-refractivity contribution in [2.24, 2.45) is 0 Å². The molecule has 0 N–H and O–H groups in total. The van der Waals surface area contributed by atoms with E-state index in [4.69, 9.17) is 46.4 Å². The number of methoxy groups -OCH3 is 1. The molecule has 3 aromatic heterocycles. The fraction of sp³-hybridized carbons (Fsp3) is 0.364. The van der Waals surface area contributed by atoms with Crippen LogP contribution in [-0.2, 0) is 14.2 Å². The van der Waals surface area contributed by atoms with Crippen LogP contribution < -0.4 is 24.6 Å². The summed E-state index contributed by atoms with van der Waals surface area (Å²) in [6, 6.07) is 8.32. The number of rotatable bonds is 7. The van der Waals surface area contributed by atoms with Gasteiger partial charge in [-0.15, -0.1) is 0 Å². The highest BCUT2D eigenvalue weighted by molar-refractivity contribution is 6.01. The summed E-state index contributed by atoms with van der Waals surface area (Å²) in [5.41, 5.74) is 0.461. The van der Waals surface area contributed by atoms with Gasteiger partial charge in [-0.2, -0.15) is 0 Å². The Morgan fingerprint density at radius 3 is 2.27 bits per heavy atom. The first-order chi connectivity index (χ1) is 21.1. The molecule has 1 spiro atoms. The van der Waals surface area contributed by atoms with Crippen LogP contribution in [0.15, 0.2) is 67.0 Å². The molecule has 11 nitrogen and oxygen atoms in total. The summed E-state index contributed by atoms with van der Waals surface area (Å²) in [4.78, 5) is 11.9. The second-order valence-electron chi connectivity index (χ2n) is 12.2. The van der Waals surface area contributed by atoms with E-state index in [0.29, 0.717) is 57.3 Å². The lowest BCUT2D eigenvalue weighted by Gasteiger charge is -2.31. The van der Waals surface area contributed by atoms with Crippen LogP contribution >= 0.6 is 0 Å². The molecule has 2 saturated heterocycles. The lowest BCUT2D eigenvalue weighted by molar-refractivity contribution is -0.271. The number of hydrogen-bond donors (Lipinski definition) is 0. The Kier molecular flexibility index (Phi) is 5.72. The zero-order valence-corrected chi connectivity index (χ0v) is 24.8. The van der Waals surface area contributed by atoms with Gasteiger partial charge in [-0.25, -0.2) is 4.79 Å². The molecule has 0 saturated carbocycles. The molecule has 6 heterocycles. The fourth-order valence-corrected chi connectivity index (χ4v) is 5.90. The summed E-state index contributed by atoms with van der Waals surface area (Å²) in [7, 11) is 1.59. The number of epoxide rings is 1. The normalized spacial score (nSPS) is 24.6. The Balaban J connectivity index is 1.12. The van der Waals surface area contributed by atoms with E-state index in [1.165, 1.54) is 6.07 Å². The van der Waals surface area contributed by atoms with Crippen molar-refractivity contribution in [3.05, 3.63) is 64.9 Å². The van der Waals surface area contributed by atoms with E-state index in [1.54, 1.807) is 43.9 Å². The predicted molar refractivity (Wildman–Crippen MR) is 157 cm³/mol. The average molecular weight is 603 g/mol. The maximum atomic E-state index is 11.9. The molecule has 44 heavy (non-hydrogen) atoms. The van der Waals surface area contributed by atoms with Crippen LogP contribution in [0.4, 0.5) is 0 Å². The highest BCUT2D eigenvalue weighted by Gasteiger charge is 2.56. The predicted octanol–water partition coefficient (Wildman–Crippen LogP) is 6.18. The Hall–Kier alpha value is -4.45. The largest absolute Gasteiger partial charge is 0.495 e. The fourth-order valence-electron chi connectivity index (χ4n) is 5.90. The topological polar surface area (TPSA) is 124 Å². The molecule has 0 aliphatic carbocycles. The van der Waals surface area contributed by atoms with Crippen LogP contribution in [-0.4, -0.2) is 49.7 Å². The van der Waals surface area contributed by atoms with Gasteiger partial charge in [0.1, 0.15) is 48.1 Å². The van der Waals surface area contributed by atoms with Crippen molar-refractivity contribution >= 4 is 39.0 Å². The van der Waals surface area contributed by atoms with E-state index in [2.05, 4.69) is 0 Å². The molecule has 3 atom stereocenters. The lowest BCUT2D eigenvalue weighted by atomic mass is 10.0. The van der Waals surface area contributed by atoms with Crippen molar-refractivity contribution in [3.63, 3.8) is 0 Å². The zero-order chi connectivity index (χ0) is 30.4. The summed E-state index contributed by atoms with van der Waals surface area (Å²) in [6.07, 6.45) is 6.04. The van der Waals surface area contributed by atoms with Gasteiger partial charge in [-0.05, 0) is 52.0 Å². The van der Waals surface area contributed by atoms with Crippen LogP contribution in [0, 0.1) is 0 Å². The van der Waals surface area contributed by atoms with Crippen LogP contribution in [0.3, 0.4) is 0 Å². The zero-order valence-electron chi connectivity index (χ0n) is 24.8. The standard InChI is InChI=1S/C33H30O11/c1-31(2)23(41-31)15-39-30-28-20(10-13-37-28)26(35-5)19-8-11-33(43-29(19)30)42-24(32(3,4)44-33)16-38-27-17-6-7-25(34)40-22(17)14-21-18(27)9-12-36-21/h6-14,23-24H,15-16H2,1-5H3/t23-,24+,33+/m0/s1. The third kappa shape index (κ3) is 4.18. The molecule has 228 valence electrons.